The first-order chi connectivity index (χ1) is 28.0. The summed E-state index contributed by atoms with van der Waals surface area (Å²) < 4.78 is 101. The van der Waals surface area contributed by atoms with Crippen molar-refractivity contribution in [1.82, 2.24) is 39.4 Å². The van der Waals surface area contributed by atoms with E-state index in [1.165, 1.54) is 46.6 Å². The van der Waals surface area contributed by atoms with Gasteiger partial charge in [0, 0.05) is 99.5 Å². The second-order valence-electron chi connectivity index (χ2n) is 13.4. The Morgan fingerprint density at radius 1 is 0.800 bits per heavy atom. The van der Waals surface area contributed by atoms with Crippen LogP contribution in [0.2, 0.25) is 0 Å². The number of carbonyl (C=O) groups is 2. The fourth-order valence-electron chi connectivity index (χ4n) is 6.53. The molecule has 5 aromatic rings. The van der Waals surface area contributed by atoms with Crippen LogP contribution in [0.25, 0.3) is 31.8 Å². The van der Waals surface area contributed by atoms with Gasteiger partial charge in [0.15, 0.2) is 5.65 Å². The van der Waals surface area contributed by atoms with E-state index in [0.29, 0.717) is 47.5 Å². The molecule has 6 heterocycles. The number of rotatable bonds is 8. The third-order valence-electron chi connectivity index (χ3n) is 9.30. The van der Waals surface area contributed by atoms with Crippen LogP contribution >= 0.6 is 0 Å². The van der Waals surface area contributed by atoms with Crippen molar-refractivity contribution in [1.29, 1.82) is 0 Å². The van der Waals surface area contributed by atoms with Gasteiger partial charge in [-0.3, -0.25) is 4.98 Å². The summed E-state index contributed by atoms with van der Waals surface area (Å²) in [5.74, 6) is 0. The number of aromatic amines is 1. The van der Waals surface area contributed by atoms with Gasteiger partial charge in [-0.15, -0.1) is 0 Å². The van der Waals surface area contributed by atoms with Gasteiger partial charge in [0.2, 0.25) is 11.4 Å². The van der Waals surface area contributed by atoms with Gasteiger partial charge in [-0.25, -0.2) is 36.7 Å². The van der Waals surface area contributed by atoms with Crippen LogP contribution in [0, 0.1) is 13.1 Å². The molecule has 2 saturated heterocycles. The van der Waals surface area contributed by atoms with Gasteiger partial charge in [-0.05, 0) is 37.1 Å². The predicted molar refractivity (Wildman–Crippen MR) is 248 cm³/mol. The van der Waals surface area contributed by atoms with Gasteiger partial charge in [-0.1, -0.05) is 25.6 Å². The molecule has 2 aliphatic heterocycles. The fourth-order valence-corrected chi connectivity index (χ4v) is 7.85. The van der Waals surface area contributed by atoms with E-state index in [1.807, 2.05) is 10.6 Å². The number of alkyl halides is 6. The van der Waals surface area contributed by atoms with E-state index in [-0.39, 0.29) is 81.1 Å². The van der Waals surface area contributed by atoms with E-state index in [4.69, 9.17) is 13.1 Å². The number of benzene rings is 1. The average Bonchev–Trinajstić information content (AvgIpc) is 4.04. The number of carbonyl (C=O) groups excluding carboxylic acids is 2. The van der Waals surface area contributed by atoms with E-state index in [2.05, 4.69) is 35.3 Å². The maximum atomic E-state index is 13.1. The van der Waals surface area contributed by atoms with Crippen molar-refractivity contribution in [3.8, 4) is 0 Å². The van der Waals surface area contributed by atoms with Crippen LogP contribution in [0.5, 0.6) is 0 Å². The molecule has 0 spiro atoms. The molecule has 4 aromatic heterocycles. The molecule has 354 valence electrons. The molecule has 0 saturated carbocycles. The largest absolute Gasteiger partial charge is 0.405 e. The van der Waals surface area contributed by atoms with Crippen LogP contribution in [-0.4, -0.2) is 113 Å². The van der Waals surface area contributed by atoms with Crippen molar-refractivity contribution in [2.24, 2.45) is 0 Å². The molecule has 4 amide bonds. The lowest BCUT2D eigenvalue weighted by Gasteiger charge is -2.19. The van der Waals surface area contributed by atoms with Gasteiger partial charge >= 0.3 is 24.4 Å². The van der Waals surface area contributed by atoms with E-state index < -0.39 is 47.5 Å². The highest BCUT2D eigenvalue weighted by atomic mass is 32.2. The van der Waals surface area contributed by atoms with Gasteiger partial charge in [-0.2, -0.15) is 26.3 Å². The molecule has 16 nitrogen and oxygen atoms in total. The number of aromatic nitrogens is 4. The van der Waals surface area contributed by atoms with E-state index in [1.54, 1.807) is 30.5 Å². The topological polar surface area (TPSA) is 178 Å². The Morgan fingerprint density at radius 3 is 1.83 bits per heavy atom. The monoisotopic (exact) mass is 897 g/mol. The van der Waals surface area contributed by atoms with Gasteiger partial charge in [0.25, 0.3) is 10.0 Å². The molecule has 0 radical (unpaired) electrons. The number of urea groups is 2. The number of hydrogen-bond acceptors (Lipinski definition) is 8. The van der Waals surface area contributed by atoms with Crippen molar-refractivity contribution >= 4 is 66.9 Å². The number of amides is 4. The van der Waals surface area contributed by atoms with Crippen LogP contribution in [0.1, 0.15) is 45.9 Å². The van der Waals surface area contributed by atoms with Crippen LogP contribution < -0.4 is 21.3 Å². The number of hydrogen-bond donors (Lipinski definition) is 5. The minimum atomic E-state index is -4.51. The maximum absolute atomic E-state index is 13.1. The number of likely N-dealkylation sites (tertiary alicyclic amines) is 2. The lowest BCUT2D eigenvalue weighted by molar-refractivity contribution is -0.123. The average molecular weight is 897 g/mol. The Labute approximate surface area is 366 Å². The summed E-state index contributed by atoms with van der Waals surface area (Å²) in [5.41, 5.74) is 2.23. The molecule has 2 unspecified atom stereocenters. The third kappa shape index (κ3) is 10.3. The van der Waals surface area contributed by atoms with Gasteiger partial charge in [0.05, 0.1) is 29.4 Å². The van der Waals surface area contributed by atoms with Crippen molar-refractivity contribution in [2.75, 3.05) is 49.9 Å². The van der Waals surface area contributed by atoms with Crippen LogP contribution in [0.4, 0.5) is 58.7 Å². The maximum Gasteiger partial charge on any atom is 0.405 e. The first-order valence-electron chi connectivity index (χ1n) is 17.7. The van der Waals surface area contributed by atoms with Crippen LogP contribution in [0.15, 0.2) is 72.1 Å². The summed E-state index contributed by atoms with van der Waals surface area (Å²) in [5, 5.41) is 11.3. The minimum Gasteiger partial charge on any atom is -0.388 e. The Hall–Kier alpha value is -6.75. The number of nitrogens with zero attached hydrogens (tertiary/aromatic N) is 7. The molecule has 2 atom stereocenters. The molecule has 7 rings (SSSR count). The van der Waals surface area contributed by atoms with E-state index in [0.717, 1.165) is 9.36 Å². The Morgan fingerprint density at radius 2 is 1.32 bits per heavy atom. The molecule has 60 heavy (non-hydrogen) atoms. The molecular formula is C37H74F6N12O4S. The predicted octanol–water partition coefficient (Wildman–Crippen LogP) is 11.5. The summed E-state index contributed by atoms with van der Waals surface area (Å²) >= 11 is 0. The van der Waals surface area contributed by atoms with Crippen LogP contribution in [-0.2, 0) is 10.0 Å². The Bertz CT molecular complexity index is 2590. The molecule has 5 N–H and O–H groups in total. The zero-order valence-corrected chi connectivity index (χ0v) is 31.4. The number of pyridine rings is 2. The smallest absolute Gasteiger partial charge is 0.388 e. The zero-order valence-electron chi connectivity index (χ0n) is 30.6. The zero-order chi connectivity index (χ0) is 42.5. The summed E-state index contributed by atoms with van der Waals surface area (Å²) in [6.07, 6.45) is -2.16. The second-order valence-corrected chi connectivity index (χ2v) is 15.2. The highest BCUT2D eigenvalue weighted by molar-refractivity contribution is 7.90. The summed E-state index contributed by atoms with van der Waals surface area (Å²) in [4.78, 5) is 44.7. The number of fused-ring (bicyclic) bond motifs is 2. The fraction of sp³-hybridized carbons (Fsp3) is 0.351. The van der Waals surface area contributed by atoms with E-state index in [9.17, 15) is 44.3 Å². The Kier molecular flexibility index (Phi) is 13.3. The van der Waals surface area contributed by atoms with E-state index >= 15 is 0 Å². The molecule has 2 aliphatic rings. The number of H-pyrrole nitrogens is 1. The number of anilines is 2. The quantitative estimate of drug-likeness (QED) is 0.0754. The number of nitrogens with one attached hydrogen (secondary N) is 5. The highest BCUT2D eigenvalue weighted by Gasteiger charge is 2.33. The van der Waals surface area contributed by atoms with Crippen molar-refractivity contribution < 1.29 is 70.0 Å². The highest BCUT2D eigenvalue weighted by Crippen LogP contribution is 2.36. The minimum absolute atomic E-state index is 0. The van der Waals surface area contributed by atoms with Crippen molar-refractivity contribution in [3.63, 3.8) is 0 Å². The first-order valence-corrected chi connectivity index (χ1v) is 19.1. The second kappa shape index (κ2) is 18.0. The van der Waals surface area contributed by atoms with Gasteiger partial charge in [0.1, 0.15) is 18.7 Å². The molecule has 0 aliphatic carbocycles. The van der Waals surface area contributed by atoms with Crippen LogP contribution in [0.3, 0.4) is 0 Å². The molecule has 2 fully saturated rings. The summed E-state index contributed by atoms with van der Waals surface area (Å²) in [6, 6.07) is 9.08. The third-order valence-corrected chi connectivity index (χ3v) is 11.0. The Balaban J connectivity index is -0.0000000720. The summed E-state index contributed by atoms with van der Waals surface area (Å²) in [7, 11) is -3.93. The van der Waals surface area contributed by atoms with Crippen molar-refractivity contribution in [3.05, 3.63) is 90.1 Å². The SMILES string of the molecule is C.[C-]#[N+]c1cnc2[nH]ccc2c1NC1CCN(C(=O)NCC(F)(F)F)C1.[C-]#[N+]c1cnc2c(ccn2S(=O)(=O)c2ccccc2)c1NC1CCN(C(=O)NCC(F)(F)F)C1.[HH].[HH].[HH].[HH].[HH].[HH].[HH].[HH].[HH].[HH].[HH].[HH].[HH].[HH].[HH].[HH].[HH].[HH]. The molecular weight excluding hydrogens is 823 g/mol. The lowest BCUT2D eigenvalue weighted by atomic mass is 10.2. The summed E-state index contributed by atoms with van der Waals surface area (Å²) in [6.45, 7) is 12.9. The normalized spacial score (nSPS) is 16.6. The standard InChI is InChI=1S/C21H19F3N6O3S.C15H15F3N6O.CH4.18H2/c1-25-17-11-26-19-16(8-10-30(19)34(32,33)15-5-3-2-4-6-15)18(17)28-14-7-9-29(12-14)20(31)27-13-21(22,23)24;1-19-11-6-21-13-10(2-4-20-13)12(11)23-9-3-5-24(7-9)14(25)22-8-15(16,17)18;;;;;;;;;;;;;;;;;;;/h2-6,8,10-11,14H,7,9,12-13H2,(H,26,28)(H,27,31);2,4,6,9H,3,5,7-8H2,(H,22,25)(H2,20,21,23);1H4;18*1H. The first kappa shape index (κ1) is 44.4. The van der Waals surface area contributed by atoms with Crippen molar-refractivity contribution in [2.45, 2.75) is 49.6 Å². The van der Waals surface area contributed by atoms with Gasteiger partial charge < -0.3 is 36.1 Å². The molecule has 1 aromatic carbocycles. The lowest BCUT2D eigenvalue weighted by Crippen LogP contribution is -2.43. The number of halogens is 6. The molecule has 0 bridgehead atoms. The molecule has 23 heteroatoms.